The van der Waals surface area contributed by atoms with Crippen LogP contribution in [0.25, 0.3) is 23.0 Å². The maximum Gasteiger partial charge on any atom is 0.266 e. The number of nitrogens with zero attached hydrogens (tertiary/aromatic N) is 3. The van der Waals surface area contributed by atoms with Gasteiger partial charge in [-0.25, -0.2) is 9.07 Å². The Morgan fingerprint density at radius 1 is 1.19 bits per heavy atom. The summed E-state index contributed by atoms with van der Waals surface area (Å²) in [4.78, 5) is 15.1. The number of benzene rings is 2. The second-order valence-electron chi connectivity index (χ2n) is 7.86. The summed E-state index contributed by atoms with van der Waals surface area (Å²) in [5.74, 6) is -0.0769. The monoisotopic (exact) mass is 451 g/mol. The average Bonchev–Trinajstić information content (AvgIpc) is 3.27. The SMILES string of the molecule is Cc1ccc(-c2nn(-c3ccccc3)cc2/C=C2\SC(=S)N(CC(C)C)C2=O)cc1F. The molecule has 0 spiro atoms. The fraction of sp³-hybridized carbons (Fsp3) is 0.208. The number of amides is 1. The molecule has 0 bridgehead atoms. The molecule has 0 aliphatic carbocycles. The van der Waals surface area contributed by atoms with Gasteiger partial charge in [0.15, 0.2) is 0 Å². The number of para-hydroxylation sites is 1. The molecular formula is C24H22FN3OS2. The van der Waals surface area contributed by atoms with Gasteiger partial charge in [-0.1, -0.05) is 68.2 Å². The molecule has 1 amide bonds. The molecule has 1 fully saturated rings. The van der Waals surface area contributed by atoms with Crippen LogP contribution in [0.2, 0.25) is 0 Å². The van der Waals surface area contributed by atoms with Gasteiger partial charge in [0.05, 0.1) is 10.6 Å². The molecule has 0 atom stereocenters. The lowest BCUT2D eigenvalue weighted by Crippen LogP contribution is -2.31. The molecule has 4 rings (SSSR count). The second kappa shape index (κ2) is 8.77. The van der Waals surface area contributed by atoms with E-state index in [2.05, 4.69) is 13.8 Å². The number of aromatic nitrogens is 2. The molecule has 31 heavy (non-hydrogen) atoms. The Kier molecular flexibility index (Phi) is 6.07. The molecule has 7 heteroatoms. The van der Waals surface area contributed by atoms with Gasteiger partial charge in [0, 0.05) is 23.9 Å². The van der Waals surface area contributed by atoms with Gasteiger partial charge in [-0.3, -0.25) is 9.69 Å². The van der Waals surface area contributed by atoms with Gasteiger partial charge >= 0.3 is 0 Å². The summed E-state index contributed by atoms with van der Waals surface area (Å²) in [6.45, 7) is 6.41. The third-order valence-electron chi connectivity index (χ3n) is 4.92. The summed E-state index contributed by atoms with van der Waals surface area (Å²) in [5, 5.41) is 4.71. The molecule has 1 aromatic heterocycles. The normalized spacial score (nSPS) is 15.5. The highest BCUT2D eigenvalue weighted by Crippen LogP contribution is 2.35. The van der Waals surface area contributed by atoms with Crippen molar-refractivity contribution in [3.63, 3.8) is 0 Å². The summed E-state index contributed by atoms with van der Waals surface area (Å²) in [6.07, 6.45) is 3.66. The first kappa shape index (κ1) is 21.5. The van der Waals surface area contributed by atoms with Gasteiger partial charge in [-0.2, -0.15) is 5.10 Å². The molecule has 3 aromatic rings. The van der Waals surface area contributed by atoms with E-state index >= 15 is 0 Å². The minimum atomic E-state index is -0.291. The molecule has 2 aromatic carbocycles. The highest BCUT2D eigenvalue weighted by Gasteiger charge is 2.32. The summed E-state index contributed by atoms with van der Waals surface area (Å²) in [6, 6.07) is 14.7. The fourth-order valence-corrected chi connectivity index (χ4v) is 4.60. The molecule has 0 unspecified atom stereocenters. The van der Waals surface area contributed by atoms with E-state index in [0.717, 1.165) is 11.3 Å². The number of aryl methyl sites for hydroxylation is 1. The van der Waals surface area contributed by atoms with Crippen molar-refractivity contribution in [1.82, 2.24) is 14.7 Å². The summed E-state index contributed by atoms with van der Waals surface area (Å²) >= 11 is 6.72. The molecule has 0 radical (unpaired) electrons. The Morgan fingerprint density at radius 2 is 1.94 bits per heavy atom. The first-order valence-corrected chi connectivity index (χ1v) is 11.2. The Balaban J connectivity index is 1.80. The molecule has 1 saturated heterocycles. The van der Waals surface area contributed by atoms with Crippen molar-refractivity contribution in [3.05, 3.63) is 76.6 Å². The van der Waals surface area contributed by atoms with Crippen LogP contribution in [-0.2, 0) is 4.79 Å². The van der Waals surface area contributed by atoms with Crippen molar-refractivity contribution >= 4 is 40.3 Å². The molecule has 158 valence electrons. The number of thioether (sulfide) groups is 1. The first-order valence-electron chi connectivity index (χ1n) is 10.0. The van der Waals surface area contributed by atoms with E-state index in [9.17, 15) is 9.18 Å². The zero-order valence-corrected chi connectivity index (χ0v) is 19.1. The van der Waals surface area contributed by atoms with Gasteiger partial charge in [0.1, 0.15) is 15.8 Å². The van der Waals surface area contributed by atoms with Gasteiger partial charge in [0.2, 0.25) is 0 Å². The number of halogens is 1. The lowest BCUT2D eigenvalue weighted by Gasteiger charge is -2.16. The predicted octanol–water partition coefficient (Wildman–Crippen LogP) is 5.84. The van der Waals surface area contributed by atoms with Crippen molar-refractivity contribution in [1.29, 1.82) is 0 Å². The average molecular weight is 452 g/mol. The number of carbonyl (C=O) groups is 1. The molecule has 2 heterocycles. The van der Waals surface area contributed by atoms with Gasteiger partial charge in [-0.05, 0) is 42.7 Å². The van der Waals surface area contributed by atoms with Crippen molar-refractivity contribution in [2.75, 3.05) is 6.54 Å². The second-order valence-corrected chi connectivity index (χ2v) is 9.54. The zero-order valence-electron chi connectivity index (χ0n) is 17.5. The van der Waals surface area contributed by atoms with Crippen LogP contribution in [0, 0.1) is 18.7 Å². The topological polar surface area (TPSA) is 38.1 Å². The Morgan fingerprint density at radius 3 is 2.61 bits per heavy atom. The third-order valence-corrected chi connectivity index (χ3v) is 6.29. The minimum Gasteiger partial charge on any atom is -0.293 e. The van der Waals surface area contributed by atoms with Crippen LogP contribution in [0.1, 0.15) is 25.0 Å². The largest absolute Gasteiger partial charge is 0.293 e. The summed E-state index contributed by atoms with van der Waals surface area (Å²) < 4.78 is 16.6. The highest BCUT2D eigenvalue weighted by molar-refractivity contribution is 8.26. The molecule has 4 nitrogen and oxygen atoms in total. The zero-order chi connectivity index (χ0) is 22.1. The van der Waals surface area contributed by atoms with E-state index in [4.69, 9.17) is 17.3 Å². The summed E-state index contributed by atoms with van der Waals surface area (Å²) in [5.41, 5.74) is 3.45. The maximum atomic E-state index is 14.3. The van der Waals surface area contributed by atoms with Crippen LogP contribution in [0.3, 0.4) is 0 Å². The molecule has 1 aliphatic rings. The van der Waals surface area contributed by atoms with Crippen molar-refractivity contribution in [2.45, 2.75) is 20.8 Å². The number of carbonyl (C=O) groups excluding carboxylic acids is 1. The number of hydrogen-bond acceptors (Lipinski definition) is 4. The van der Waals surface area contributed by atoms with Crippen LogP contribution in [0.4, 0.5) is 4.39 Å². The highest BCUT2D eigenvalue weighted by atomic mass is 32.2. The van der Waals surface area contributed by atoms with Crippen LogP contribution >= 0.6 is 24.0 Å². The van der Waals surface area contributed by atoms with Crippen LogP contribution < -0.4 is 0 Å². The lowest BCUT2D eigenvalue weighted by molar-refractivity contribution is -0.122. The van der Waals surface area contributed by atoms with Crippen LogP contribution in [-0.4, -0.2) is 31.5 Å². The number of rotatable bonds is 5. The van der Waals surface area contributed by atoms with Crippen molar-refractivity contribution in [2.24, 2.45) is 5.92 Å². The molecule has 0 saturated carbocycles. The van der Waals surface area contributed by atoms with Gasteiger partial charge in [0.25, 0.3) is 5.91 Å². The standard InChI is InChI=1S/C24H22FN3OS2/c1-15(2)13-27-23(29)21(31-24(27)30)12-18-14-28(19-7-5-4-6-8-19)26-22(18)17-10-9-16(3)20(25)11-17/h4-12,14-15H,13H2,1-3H3/b21-12-. The third kappa shape index (κ3) is 4.48. The molecule has 1 aliphatic heterocycles. The van der Waals surface area contributed by atoms with Crippen molar-refractivity contribution < 1.29 is 9.18 Å². The van der Waals surface area contributed by atoms with E-state index in [0.29, 0.717) is 38.5 Å². The molecule has 0 N–H and O–H groups in total. The van der Waals surface area contributed by atoms with Crippen LogP contribution in [0.15, 0.2) is 59.6 Å². The van der Waals surface area contributed by atoms with Gasteiger partial charge in [-0.15, -0.1) is 0 Å². The van der Waals surface area contributed by atoms with E-state index in [1.807, 2.05) is 42.6 Å². The smallest absolute Gasteiger partial charge is 0.266 e. The van der Waals surface area contributed by atoms with E-state index in [1.165, 1.54) is 17.8 Å². The number of hydrogen-bond donors (Lipinski definition) is 0. The Bertz CT molecular complexity index is 1180. The Labute approximate surface area is 190 Å². The first-order chi connectivity index (χ1) is 14.8. The maximum absolute atomic E-state index is 14.3. The Hall–Kier alpha value is -2.77. The van der Waals surface area contributed by atoms with Crippen LogP contribution in [0.5, 0.6) is 0 Å². The van der Waals surface area contributed by atoms with E-state index in [-0.39, 0.29) is 11.7 Å². The number of thiocarbonyl (C=S) groups is 1. The van der Waals surface area contributed by atoms with Crippen molar-refractivity contribution in [3.8, 4) is 16.9 Å². The summed E-state index contributed by atoms with van der Waals surface area (Å²) in [7, 11) is 0. The van der Waals surface area contributed by atoms with E-state index in [1.54, 1.807) is 28.6 Å². The fourth-order valence-electron chi connectivity index (χ4n) is 3.33. The van der Waals surface area contributed by atoms with Gasteiger partial charge < -0.3 is 0 Å². The quantitative estimate of drug-likeness (QED) is 0.361. The lowest BCUT2D eigenvalue weighted by atomic mass is 10.1. The van der Waals surface area contributed by atoms with E-state index < -0.39 is 0 Å². The minimum absolute atomic E-state index is 0.0998. The molecular weight excluding hydrogens is 429 g/mol. The predicted molar refractivity (Wildman–Crippen MR) is 128 cm³/mol.